The molecule has 108 valence electrons. The van der Waals surface area contributed by atoms with E-state index in [2.05, 4.69) is 5.32 Å². The fourth-order valence-electron chi connectivity index (χ4n) is 2.22. The Kier molecular flexibility index (Phi) is 4.34. The van der Waals surface area contributed by atoms with Gasteiger partial charge in [0, 0.05) is 26.2 Å². The summed E-state index contributed by atoms with van der Waals surface area (Å²) in [7, 11) is -1.75. The number of rotatable bonds is 3. The first-order valence-electron chi connectivity index (χ1n) is 6.26. The highest BCUT2D eigenvalue weighted by atomic mass is 35.5. The summed E-state index contributed by atoms with van der Waals surface area (Å²) in [5, 5.41) is 5.09. The van der Waals surface area contributed by atoms with Gasteiger partial charge in [-0.15, -0.1) is 12.4 Å². The first-order valence-corrected chi connectivity index (χ1v) is 7.70. The molecular formula is C14H17ClN2O2S. The molecular weight excluding hydrogens is 296 g/mol. The van der Waals surface area contributed by atoms with Crippen molar-refractivity contribution in [3.05, 3.63) is 42.5 Å². The molecule has 0 amide bonds. The van der Waals surface area contributed by atoms with E-state index in [4.69, 9.17) is 0 Å². The van der Waals surface area contributed by atoms with Crippen LogP contribution in [0, 0.1) is 0 Å². The van der Waals surface area contributed by atoms with Crippen molar-refractivity contribution >= 4 is 33.2 Å². The number of likely N-dealkylation sites (N-methyl/N-ethyl adjacent to an activating group) is 1. The van der Waals surface area contributed by atoms with E-state index in [1.807, 2.05) is 30.3 Å². The predicted octanol–water partition coefficient (Wildman–Crippen LogP) is 1.85. The zero-order chi connectivity index (χ0) is 13.5. The Morgan fingerprint density at radius 1 is 1.10 bits per heavy atom. The molecule has 0 atom stereocenters. The second-order valence-electron chi connectivity index (χ2n) is 4.84. The van der Waals surface area contributed by atoms with Crippen LogP contribution in [0.2, 0.25) is 0 Å². The van der Waals surface area contributed by atoms with Crippen molar-refractivity contribution in [1.29, 1.82) is 0 Å². The van der Waals surface area contributed by atoms with E-state index in [1.165, 1.54) is 4.31 Å². The zero-order valence-corrected chi connectivity index (χ0v) is 12.7. The van der Waals surface area contributed by atoms with Gasteiger partial charge in [0.15, 0.2) is 0 Å². The van der Waals surface area contributed by atoms with Crippen molar-refractivity contribution in [3.63, 3.8) is 0 Å². The van der Waals surface area contributed by atoms with Gasteiger partial charge < -0.3 is 5.32 Å². The van der Waals surface area contributed by atoms with Crippen molar-refractivity contribution in [2.45, 2.75) is 10.9 Å². The summed E-state index contributed by atoms with van der Waals surface area (Å²) in [5.74, 6) is 0. The van der Waals surface area contributed by atoms with Gasteiger partial charge in [0.1, 0.15) is 0 Å². The first-order chi connectivity index (χ1) is 9.09. The zero-order valence-electron chi connectivity index (χ0n) is 11.1. The van der Waals surface area contributed by atoms with E-state index in [-0.39, 0.29) is 18.4 Å². The van der Waals surface area contributed by atoms with E-state index < -0.39 is 10.0 Å². The van der Waals surface area contributed by atoms with E-state index >= 15 is 0 Å². The van der Waals surface area contributed by atoms with E-state index in [9.17, 15) is 8.42 Å². The van der Waals surface area contributed by atoms with E-state index in [0.717, 1.165) is 23.9 Å². The largest absolute Gasteiger partial charge is 0.313 e. The van der Waals surface area contributed by atoms with Gasteiger partial charge in [0.2, 0.25) is 10.0 Å². The number of hydrogen-bond acceptors (Lipinski definition) is 3. The van der Waals surface area contributed by atoms with Gasteiger partial charge in [-0.2, -0.15) is 4.31 Å². The number of nitrogens with zero attached hydrogens (tertiary/aromatic N) is 1. The lowest BCUT2D eigenvalue weighted by Gasteiger charge is -2.34. The van der Waals surface area contributed by atoms with Crippen LogP contribution in [0.4, 0.5) is 0 Å². The lowest BCUT2D eigenvalue weighted by atomic mass is 10.1. The minimum atomic E-state index is -3.40. The van der Waals surface area contributed by atoms with E-state index in [0.29, 0.717) is 4.90 Å². The Balaban J connectivity index is 0.00000147. The monoisotopic (exact) mass is 312 g/mol. The molecule has 0 bridgehead atoms. The van der Waals surface area contributed by atoms with Gasteiger partial charge in [-0.05, 0) is 22.9 Å². The molecule has 20 heavy (non-hydrogen) atoms. The molecule has 1 fully saturated rings. The van der Waals surface area contributed by atoms with Crippen LogP contribution in [0.25, 0.3) is 10.8 Å². The Morgan fingerprint density at radius 3 is 2.35 bits per heavy atom. The summed E-state index contributed by atoms with van der Waals surface area (Å²) in [4.78, 5) is 0.362. The van der Waals surface area contributed by atoms with Crippen molar-refractivity contribution in [3.8, 4) is 0 Å². The predicted molar refractivity (Wildman–Crippen MR) is 82.8 cm³/mol. The highest BCUT2D eigenvalue weighted by Gasteiger charge is 2.31. The highest BCUT2D eigenvalue weighted by molar-refractivity contribution is 7.89. The summed E-state index contributed by atoms with van der Waals surface area (Å²) in [6.07, 6.45) is 0. The van der Waals surface area contributed by atoms with E-state index in [1.54, 1.807) is 19.2 Å². The van der Waals surface area contributed by atoms with Gasteiger partial charge in [-0.25, -0.2) is 8.42 Å². The van der Waals surface area contributed by atoms with Crippen molar-refractivity contribution < 1.29 is 8.42 Å². The molecule has 1 aliphatic rings. The number of hydrogen-bond donors (Lipinski definition) is 1. The fourth-order valence-corrected chi connectivity index (χ4v) is 3.61. The SMILES string of the molecule is CN(C1CNC1)S(=O)(=O)c1ccc2ccccc2c1.Cl. The number of nitrogens with one attached hydrogen (secondary N) is 1. The van der Waals surface area contributed by atoms with Gasteiger partial charge in [-0.1, -0.05) is 30.3 Å². The maximum absolute atomic E-state index is 12.5. The molecule has 4 nitrogen and oxygen atoms in total. The molecule has 0 unspecified atom stereocenters. The molecule has 0 radical (unpaired) electrons. The Hall–Kier alpha value is -1.14. The average Bonchev–Trinajstić information content (AvgIpc) is 2.36. The summed E-state index contributed by atoms with van der Waals surface area (Å²) < 4.78 is 26.5. The quantitative estimate of drug-likeness (QED) is 0.941. The summed E-state index contributed by atoms with van der Waals surface area (Å²) in [6.45, 7) is 1.45. The third-order valence-corrected chi connectivity index (χ3v) is 5.58. The Morgan fingerprint density at radius 2 is 1.75 bits per heavy atom. The van der Waals surface area contributed by atoms with Gasteiger partial charge in [-0.3, -0.25) is 0 Å². The standard InChI is InChI=1S/C14H16N2O2S.ClH/c1-16(13-9-15-10-13)19(17,18)14-7-6-11-4-2-3-5-12(11)8-14;/h2-8,13,15H,9-10H2,1H3;1H. The molecule has 0 spiro atoms. The fraction of sp³-hybridized carbons (Fsp3) is 0.286. The molecule has 1 saturated heterocycles. The van der Waals surface area contributed by atoms with Gasteiger partial charge in [0.25, 0.3) is 0 Å². The van der Waals surface area contributed by atoms with Crippen LogP contribution in [-0.2, 0) is 10.0 Å². The molecule has 2 aromatic rings. The molecule has 1 heterocycles. The van der Waals surface area contributed by atoms with Gasteiger partial charge in [0.05, 0.1) is 4.90 Å². The minimum absolute atomic E-state index is 0. The van der Waals surface area contributed by atoms with Crippen LogP contribution in [0.3, 0.4) is 0 Å². The summed E-state index contributed by atoms with van der Waals surface area (Å²) >= 11 is 0. The van der Waals surface area contributed by atoms with Crippen LogP contribution in [0.15, 0.2) is 47.4 Å². The van der Waals surface area contributed by atoms with Crippen molar-refractivity contribution in [1.82, 2.24) is 9.62 Å². The number of halogens is 1. The smallest absolute Gasteiger partial charge is 0.243 e. The molecule has 2 aromatic carbocycles. The summed E-state index contributed by atoms with van der Waals surface area (Å²) in [6, 6.07) is 13.1. The third kappa shape index (κ3) is 2.54. The average molecular weight is 313 g/mol. The second kappa shape index (κ2) is 5.69. The topological polar surface area (TPSA) is 49.4 Å². The first kappa shape index (κ1) is 15.3. The maximum Gasteiger partial charge on any atom is 0.243 e. The number of fused-ring (bicyclic) bond motifs is 1. The van der Waals surface area contributed by atoms with Gasteiger partial charge >= 0.3 is 0 Å². The van der Waals surface area contributed by atoms with Crippen LogP contribution >= 0.6 is 12.4 Å². The Bertz CT molecular complexity index is 714. The Labute approximate surface area is 125 Å². The third-order valence-electron chi connectivity index (χ3n) is 3.67. The highest BCUT2D eigenvalue weighted by Crippen LogP contribution is 2.22. The van der Waals surface area contributed by atoms with Crippen molar-refractivity contribution in [2.24, 2.45) is 0 Å². The van der Waals surface area contributed by atoms with Crippen molar-refractivity contribution in [2.75, 3.05) is 20.1 Å². The normalized spacial score (nSPS) is 15.9. The molecule has 1 N–H and O–H groups in total. The molecule has 0 aliphatic carbocycles. The molecule has 6 heteroatoms. The molecule has 3 rings (SSSR count). The molecule has 0 saturated carbocycles. The second-order valence-corrected chi connectivity index (χ2v) is 6.84. The maximum atomic E-state index is 12.5. The van der Waals surface area contributed by atoms with Crippen LogP contribution in [0.5, 0.6) is 0 Å². The van der Waals surface area contributed by atoms with Crippen LogP contribution in [0.1, 0.15) is 0 Å². The number of sulfonamides is 1. The number of benzene rings is 2. The molecule has 1 aliphatic heterocycles. The summed E-state index contributed by atoms with van der Waals surface area (Å²) in [5.41, 5.74) is 0. The van der Waals surface area contributed by atoms with Crippen LogP contribution < -0.4 is 5.32 Å². The van der Waals surface area contributed by atoms with Crippen LogP contribution in [-0.4, -0.2) is 38.9 Å². The lowest BCUT2D eigenvalue weighted by molar-refractivity contribution is 0.274. The minimum Gasteiger partial charge on any atom is -0.313 e. The lowest BCUT2D eigenvalue weighted by Crippen LogP contribution is -2.57. The molecule has 0 aromatic heterocycles.